The Bertz CT molecular complexity index is 355. The molecule has 0 spiro atoms. The third-order valence-electron chi connectivity index (χ3n) is 1.47. The highest BCUT2D eigenvalue weighted by Gasteiger charge is 2.12. The number of aromatic nitrogens is 1. The van der Waals surface area contributed by atoms with E-state index in [1.165, 1.54) is 6.20 Å². The van der Waals surface area contributed by atoms with Crippen LogP contribution < -0.4 is 5.32 Å². The van der Waals surface area contributed by atoms with Crippen LogP contribution in [-0.4, -0.2) is 16.9 Å². The Morgan fingerprint density at radius 1 is 1.64 bits per heavy atom. The Morgan fingerprint density at radius 3 is 2.86 bits per heavy atom. The monoisotopic (exact) mass is 276 g/mol. The first-order valence-corrected chi connectivity index (χ1v) is 5.29. The summed E-state index contributed by atoms with van der Waals surface area (Å²) >= 11 is 8.92. The van der Waals surface area contributed by atoms with Crippen LogP contribution in [0, 0.1) is 0 Å². The molecule has 0 saturated carbocycles. The Balaban J connectivity index is 2.94. The smallest absolute Gasteiger partial charge is 0.254 e. The number of amides is 1. The maximum absolute atomic E-state index is 11.6. The van der Waals surface area contributed by atoms with Crippen molar-refractivity contribution in [3.8, 4) is 0 Å². The van der Waals surface area contributed by atoms with Crippen molar-refractivity contribution in [3.05, 3.63) is 27.5 Å². The predicted molar refractivity (Wildman–Crippen MR) is 59.5 cm³/mol. The first-order valence-electron chi connectivity index (χ1n) is 4.12. The molecule has 1 rings (SSSR count). The van der Waals surface area contributed by atoms with Crippen LogP contribution in [0.2, 0.25) is 5.02 Å². The second-order valence-electron chi connectivity index (χ2n) is 3.12. The van der Waals surface area contributed by atoms with Gasteiger partial charge in [0.1, 0.15) is 4.60 Å². The van der Waals surface area contributed by atoms with Gasteiger partial charge in [-0.15, -0.1) is 0 Å². The van der Waals surface area contributed by atoms with Crippen LogP contribution in [0.3, 0.4) is 0 Å². The van der Waals surface area contributed by atoms with E-state index in [9.17, 15) is 4.79 Å². The second kappa shape index (κ2) is 4.75. The molecule has 1 aromatic heterocycles. The maximum atomic E-state index is 11.6. The summed E-state index contributed by atoms with van der Waals surface area (Å²) < 4.78 is 0.500. The first kappa shape index (κ1) is 11.5. The number of rotatable bonds is 2. The van der Waals surface area contributed by atoms with Crippen LogP contribution in [-0.2, 0) is 0 Å². The van der Waals surface area contributed by atoms with Gasteiger partial charge < -0.3 is 5.32 Å². The summed E-state index contributed by atoms with van der Waals surface area (Å²) in [6.45, 7) is 3.79. The minimum atomic E-state index is -0.179. The van der Waals surface area contributed by atoms with Gasteiger partial charge in [-0.05, 0) is 35.8 Å². The summed E-state index contributed by atoms with van der Waals surface area (Å²) in [7, 11) is 0. The molecular weight excluding hydrogens is 267 g/mol. The molecule has 1 N–H and O–H groups in total. The quantitative estimate of drug-likeness (QED) is 0.845. The number of hydrogen-bond donors (Lipinski definition) is 1. The molecule has 0 aliphatic carbocycles. The third-order valence-corrected chi connectivity index (χ3v) is 2.31. The van der Waals surface area contributed by atoms with Gasteiger partial charge in [-0.25, -0.2) is 4.98 Å². The van der Waals surface area contributed by atoms with Crippen LogP contribution in [0.4, 0.5) is 0 Å². The standard InChI is InChI=1S/C9H10BrClN2O/c1-5(2)13-9(14)7-3-6(11)4-12-8(7)10/h3-5H,1-2H3,(H,13,14). The molecule has 0 radical (unpaired) electrons. The van der Waals surface area contributed by atoms with E-state index in [0.717, 1.165) is 0 Å². The van der Waals surface area contributed by atoms with Gasteiger partial charge in [-0.2, -0.15) is 0 Å². The lowest BCUT2D eigenvalue weighted by atomic mass is 10.2. The lowest BCUT2D eigenvalue weighted by molar-refractivity contribution is 0.0942. The second-order valence-corrected chi connectivity index (χ2v) is 4.31. The normalized spacial score (nSPS) is 10.4. The average Bonchev–Trinajstić information content (AvgIpc) is 2.08. The molecule has 0 bridgehead atoms. The van der Waals surface area contributed by atoms with E-state index < -0.39 is 0 Å². The highest BCUT2D eigenvalue weighted by molar-refractivity contribution is 9.10. The summed E-state index contributed by atoms with van der Waals surface area (Å²) in [5.74, 6) is -0.179. The van der Waals surface area contributed by atoms with E-state index in [4.69, 9.17) is 11.6 Å². The number of halogens is 2. The molecule has 0 unspecified atom stereocenters. The zero-order valence-corrected chi connectivity index (χ0v) is 10.2. The van der Waals surface area contributed by atoms with E-state index in [0.29, 0.717) is 15.2 Å². The van der Waals surface area contributed by atoms with Gasteiger partial charge in [0.25, 0.3) is 5.91 Å². The van der Waals surface area contributed by atoms with Crippen molar-refractivity contribution in [3.63, 3.8) is 0 Å². The molecule has 1 heterocycles. The first-order chi connectivity index (χ1) is 6.50. The lowest BCUT2D eigenvalue weighted by Crippen LogP contribution is -2.30. The molecule has 0 atom stereocenters. The highest BCUT2D eigenvalue weighted by atomic mass is 79.9. The van der Waals surface area contributed by atoms with Crippen molar-refractivity contribution in [1.29, 1.82) is 0 Å². The maximum Gasteiger partial charge on any atom is 0.254 e. The molecule has 0 saturated heterocycles. The molecule has 1 aromatic rings. The largest absolute Gasteiger partial charge is 0.350 e. The van der Waals surface area contributed by atoms with Crippen LogP contribution in [0.5, 0.6) is 0 Å². The molecule has 0 aromatic carbocycles. The summed E-state index contributed by atoms with van der Waals surface area (Å²) in [5.41, 5.74) is 0.450. The Kier molecular flexibility index (Phi) is 3.89. The van der Waals surface area contributed by atoms with E-state index in [1.807, 2.05) is 13.8 Å². The van der Waals surface area contributed by atoms with E-state index >= 15 is 0 Å². The van der Waals surface area contributed by atoms with Crippen molar-refractivity contribution in [2.24, 2.45) is 0 Å². The molecule has 0 aliphatic heterocycles. The van der Waals surface area contributed by atoms with E-state index in [1.54, 1.807) is 6.07 Å². The molecule has 5 heteroatoms. The number of carbonyl (C=O) groups is 1. The van der Waals surface area contributed by atoms with Gasteiger partial charge in [0, 0.05) is 12.2 Å². The van der Waals surface area contributed by atoms with Crippen LogP contribution in [0.25, 0.3) is 0 Å². The van der Waals surface area contributed by atoms with Gasteiger partial charge in [0.15, 0.2) is 0 Å². The number of nitrogens with one attached hydrogen (secondary N) is 1. The molecule has 0 fully saturated rings. The Labute approximate surface area is 96.0 Å². The Hall–Kier alpha value is -0.610. The predicted octanol–water partition coefficient (Wildman–Crippen LogP) is 2.64. The summed E-state index contributed by atoms with van der Waals surface area (Å²) in [5, 5.41) is 3.21. The highest BCUT2D eigenvalue weighted by Crippen LogP contribution is 2.17. The number of pyridine rings is 1. The van der Waals surface area contributed by atoms with Gasteiger partial charge in [-0.3, -0.25) is 4.79 Å². The van der Waals surface area contributed by atoms with Gasteiger partial charge in [0.05, 0.1) is 10.6 Å². The average molecular weight is 278 g/mol. The molecule has 1 amide bonds. The number of hydrogen-bond acceptors (Lipinski definition) is 2. The van der Waals surface area contributed by atoms with Gasteiger partial charge in [0.2, 0.25) is 0 Å². The molecule has 14 heavy (non-hydrogen) atoms. The fourth-order valence-electron chi connectivity index (χ4n) is 0.922. The minimum Gasteiger partial charge on any atom is -0.350 e. The van der Waals surface area contributed by atoms with Crippen LogP contribution >= 0.6 is 27.5 Å². The zero-order chi connectivity index (χ0) is 10.7. The van der Waals surface area contributed by atoms with Crippen molar-refractivity contribution < 1.29 is 4.79 Å². The van der Waals surface area contributed by atoms with Crippen LogP contribution in [0.1, 0.15) is 24.2 Å². The van der Waals surface area contributed by atoms with Crippen molar-refractivity contribution in [1.82, 2.24) is 10.3 Å². The number of nitrogens with zero attached hydrogens (tertiary/aromatic N) is 1. The lowest BCUT2D eigenvalue weighted by Gasteiger charge is -2.09. The van der Waals surface area contributed by atoms with Crippen LogP contribution in [0.15, 0.2) is 16.9 Å². The van der Waals surface area contributed by atoms with Crippen molar-refractivity contribution in [2.45, 2.75) is 19.9 Å². The topological polar surface area (TPSA) is 42.0 Å². The summed E-state index contributed by atoms with van der Waals surface area (Å²) in [6, 6.07) is 1.67. The summed E-state index contributed by atoms with van der Waals surface area (Å²) in [4.78, 5) is 15.5. The third kappa shape index (κ3) is 2.96. The number of carbonyl (C=O) groups excluding carboxylic acids is 1. The fourth-order valence-corrected chi connectivity index (χ4v) is 1.48. The molecule has 76 valence electrons. The van der Waals surface area contributed by atoms with Gasteiger partial charge >= 0.3 is 0 Å². The molecular formula is C9H10BrClN2O. The molecule has 3 nitrogen and oxygen atoms in total. The molecule has 0 aliphatic rings. The minimum absolute atomic E-state index is 0.0911. The zero-order valence-electron chi connectivity index (χ0n) is 7.84. The van der Waals surface area contributed by atoms with E-state index in [2.05, 4.69) is 26.2 Å². The fraction of sp³-hybridized carbons (Fsp3) is 0.333. The SMILES string of the molecule is CC(C)NC(=O)c1cc(Cl)cnc1Br. The van der Waals surface area contributed by atoms with Crippen molar-refractivity contribution >= 4 is 33.4 Å². The Morgan fingerprint density at radius 2 is 2.29 bits per heavy atom. The van der Waals surface area contributed by atoms with Crippen molar-refractivity contribution in [2.75, 3.05) is 0 Å². The van der Waals surface area contributed by atoms with Gasteiger partial charge in [-0.1, -0.05) is 11.6 Å². The van der Waals surface area contributed by atoms with E-state index in [-0.39, 0.29) is 11.9 Å². The summed E-state index contributed by atoms with van der Waals surface area (Å²) in [6.07, 6.45) is 1.48.